The number of rotatable bonds is 1. The molecule has 5 heterocycles. The molecule has 0 saturated carbocycles. The third-order valence-electron chi connectivity index (χ3n) is 7.65. The van der Waals surface area contributed by atoms with E-state index in [0.29, 0.717) is 5.56 Å². The standard InChI is InChI=1S/C20H18FN5O7.C7H8.CH4/c1-8-6-26-11(7-32-8)20(16(27)22-18(29)23-17(20)28)5-9-4-10-14(12(21)13(9)26)33-24-15(10)25-2-3-31-19(25)30;1-7-5-3-2-4-6-7;/h4,8,11H,2-3,5-7H2,1H3,(H2,22,23,27,28,29);2-6H,1H3;1H4/t8-,11?;;/m1../s1. The Labute approximate surface area is 234 Å². The van der Waals surface area contributed by atoms with Gasteiger partial charge in [0.15, 0.2) is 17.1 Å². The number of halogens is 1. The average Bonchev–Trinajstić information content (AvgIpc) is 3.53. The minimum absolute atomic E-state index is 0. The second-order valence-corrected chi connectivity index (χ2v) is 10.2. The largest absolute Gasteiger partial charge is 0.447 e. The van der Waals surface area contributed by atoms with E-state index in [1.807, 2.05) is 18.2 Å². The van der Waals surface area contributed by atoms with Crippen LogP contribution in [-0.4, -0.2) is 67.5 Å². The van der Waals surface area contributed by atoms with E-state index in [4.69, 9.17) is 14.0 Å². The first-order valence-corrected chi connectivity index (χ1v) is 12.8. The maximum atomic E-state index is 15.9. The molecule has 216 valence electrons. The van der Waals surface area contributed by atoms with Crippen molar-refractivity contribution >= 4 is 46.4 Å². The van der Waals surface area contributed by atoms with Gasteiger partial charge in [0.1, 0.15) is 6.61 Å². The number of amides is 5. The van der Waals surface area contributed by atoms with Crippen molar-refractivity contribution in [2.75, 3.05) is 36.1 Å². The smallest absolute Gasteiger partial charge is 0.415 e. The highest BCUT2D eigenvalue weighted by Crippen LogP contribution is 2.48. The van der Waals surface area contributed by atoms with E-state index < -0.39 is 41.2 Å². The van der Waals surface area contributed by atoms with Crippen LogP contribution >= 0.6 is 0 Å². The Morgan fingerprint density at radius 2 is 1.80 bits per heavy atom. The zero-order chi connectivity index (χ0) is 28.2. The van der Waals surface area contributed by atoms with Gasteiger partial charge in [0, 0.05) is 13.0 Å². The summed E-state index contributed by atoms with van der Waals surface area (Å²) in [6.07, 6.45) is -1.12. The van der Waals surface area contributed by atoms with Crippen molar-refractivity contribution in [1.82, 2.24) is 15.8 Å². The number of aryl methyl sites for hydroxylation is 1. The van der Waals surface area contributed by atoms with Gasteiger partial charge in [-0.3, -0.25) is 25.1 Å². The lowest BCUT2D eigenvalue weighted by Gasteiger charge is -2.52. The Bertz CT molecular complexity index is 1520. The molecule has 3 fully saturated rings. The summed E-state index contributed by atoms with van der Waals surface area (Å²) in [5.74, 6) is -2.17. The molecule has 3 aromatic rings. The molecule has 2 atom stereocenters. The van der Waals surface area contributed by atoms with Crippen LogP contribution < -0.4 is 20.4 Å². The fourth-order valence-electron chi connectivity index (χ4n) is 5.73. The zero-order valence-electron chi connectivity index (χ0n) is 21.7. The number of carbonyl (C=O) groups excluding carboxylic acids is 4. The van der Waals surface area contributed by atoms with Gasteiger partial charge in [0.2, 0.25) is 17.4 Å². The molecule has 41 heavy (non-hydrogen) atoms. The zero-order valence-corrected chi connectivity index (χ0v) is 21.7. The minimum atomic E-state index is -1.72. The summed E-state index contributed by atoms with van der Waals surface area (Å²) in [6, 6.07) is 10.1. The summed E-state index contributed by atoms with van der Waals surface area (Å²) in [5, 5.41) is 8.44. The number of urea groups is 1. The van der Waals surface area contributed by atoms with Gasteiger partial charge in [-0.2, -0.15) is 0 Å². The summed E-state index contributed by atoms with van der Waals surface area (Å²) in [6.45, 7) is 4.44. The van der Waals surface area contributed by atoms with Crippen LogP contribution in [0, 0.1) is 18.2 Å². The van der Waals surface area contributed by atoms with E-state index in [-0.39, 0.29) is 68.7 Å². The summed E-state index contributed by atoms with van der Waals surface area (Å²) >= 11 is 0. The number of barbiturate groups is 1. The molecule has 7 rings (SSSR count). The SMILES string of the molecule is C.C[C@@H]1CN2c3c(cc4c(N5CCOC5=O)noc4c3F)CC3(C(=O)NC(=O)NC3=O)C2CO1.Cc1ccccc1. The van der Waals surface area contributed by atoms with Crippen molar-refractivity contribution in [3.8, 4) is 0 Å². The lowest BCUT2D eigenvalue weighted by Crippen LogP contribution is -2.73. The minimum Gasteiger partial charge on any atom is -0.447 e. The van der Waals surface area contributed by atoms with Crippen LogP contribution in [-0.2, 0) is 25.5 Å². The molecule has 4 aliphatic heterocycles. The van der Waals surface area contributed by atoms with Crippen molar-refractivity contribution < 1.29 is 37.6 Å². The molecule has 0 bridgehead atoms. The van der Waals surface area contributed by atoms with Crippen molar-refractivity contribution in [3.63, 3.8) is 0 Å². The molecule has 0 aliphatic carbocycles. The Kier molecular flexibility index (Phi) is 7.15. The molecule has 1 unspecified atom stereocenters. The molecule has 1 spiro atoms. The third-order valence-corrected chi connectivity index (χ3v) is 7.65. The monoisotopic (exact) mass is 567 g/mol. The number of cyclic esters (lactones) is 1. The van der Waals surface area contributed by atoms with Crippen LogP contribution in [0.25, 0.3) is 11.0 Å². The summed E-state index contributed by atoms with van der Waals surface area (Å²) < 4.78 is 31.8. The van der Waals surface area contributed by atoms with Gasteiger partial charge in [-0.25, -0.2) is 14.0 Å². The van der Waals surface area contributed by atoms with Crippen LogP contribution in [0.15, 0.2) is 40.9 Å². The number of nitrogens with one attached hydrogen (secondary N) is 2. The predicted octanol–water partition coefficient (Wildman–Crippen LogP) is 3.06. The lowest BCUT2D eigenvalue weighted by molar-refractivity contribution is -0.149. The number of nitrogens with zero attached hydrogens (tertiary/aromatic N) is 3. The van der Waals surface area contributed by atoms with E-state index in [1.165, 1.54) is 10.5 Å². The number of anilines is 2. The molecule has 1 aromatic heterocycles. The van der Waals surface area contributed by atoms with Crippen LogP contribution in [0.1, 0.15) is 25.5 Å². The number of hydrogen-bond donors (Lipinski definition) is 2. The predicted molar refractivity (Wildman–Crippen MR) is 145 cm³/mol. The first kappa shape index (κ1) is 28.0. The van der Waals surface area contributed by atoms with Crippen LogP contribution in [0.5, 0.6) is 0 Å². The van der Waals surface area contributed by atoms with Gasteiger partial charge in [-0.15, -0.1) is 0 Å². The highest BCUT2D eigenvalue weighted by atomic mass is 19.1. The average molecular weight is 568 g/mol. The lowest BCUT2D eigenvalue weighted by atomic mass is 9.68. The second kappa shape index (κ2) is 10.5. The third kappa shape index (κ3) is 4.46. The molecule has 3 saturated heterocycles. The van der Waals surface area contributed by atoms with Crippen molar-refractivity contribution in [2.45, 2.75) is 39.8 Å². The number of ether oxygens (including phenoxy) is 2. The number of morpholine rings is 1. The molecular weight excluding hydrogens is 537 g/mol. The number of hydrogen-bond acceptors (Lipinski definition) is 9. The molecule has 5 amide bonds. The Morgan fingerprint density at radius 1 is 1.10 bits per heavy atom. The molecule has 0 radical (unpaired) electrons. The molecule has 13 heteroatoms. The van der Waals surface area contributed by atoms with Gasteiger partial charge >= 0.3 is 12.1 Å². The van der Waals surface area contributed by atoms with E-state index in [2.05, 4.69) is 34.8 Å². The Hall–Kier alpha value is -4.52. The number of benzene rings is 2. The molecule has 4 aliphatic rings. The maximum absolute atomic E-state index is 15.9. The quantitative estimate of drug-likeness (QED) is 0.424. The van der Waals surface area contributed by atoms with Gasteiger partial charge in [-0.05, 0) is 25.5 Å². The van der Waals surface area contributed by atoms with Crippen LogP contribution in [0.2, 0.25) is 0 Å². The maximum Gasteiger partial charge on any atom is 0.415 e. The van der Waals surface area contributed by atoms with Gasteiger partial charge in [-0.1, -0.05) is 48.5 Å². The second-order valence-electron chi connectivity index (χ2n) is 10.2. The fourth-order valence-corrected chi connectivity index (χ4v) is 5.73. The van der Waals surface area contributed by atoms with Crippen LogP contribution in [0.4, 0.5) is 25.5 Å². The summed E-state index contributed by atoms with van der Waals surface area (Å²) in [7, 11) is 0. The number of fused-ring (bicyclic) bond motifs is 5. The Balaban J connectivity index is 0.000000372. The highest BCUT2D eigenvalue weighted by Gasteiger charge is 2.61. The van der Waals surface area contributed by atoms with Crippen molar-refractivity contribution in [2.24, 2.45) is 5.41 Å². The Morgan fingerprint density at radius 3 is 2.41 bits per heavy atom. The number of carbonyl (C=O) groups is 4. The van der Waals surface area contributed by atoms with Gasteiger partial charge < -0.3 is 18.9 Å². The van der Waals surface area contributed by atoms with E-state index in [1.54, 1.807) is 17.9 Å². The fraction of sp³-hybridized carbons (Fsp3) is 0.393. The van der Waals surface area contributed by atoms with E-state index in [9.17, 15) is 19.2 Å². The number of imide groups is 2. The summed E-state index contributed by atoms with van der Waals surface area (Å²) in [4.78, 5) is 52.8. The van der Waals surface area contributed by atoms with Gasteiger partial charge in [0.25, 0.3) is 0 Å². The number of aromatic nitrogens is 1. The molecule has 12 nitrogen and oxygen atoms in total. The van der Waals surface area contributed by atoms with Crippen molar-refractivity contribution in [1.29, 1.82) is 0 Å². The molecule has 2 aromatic carbocycles. The summed E-state index contributed by atoms with van der Waals surface area (Å²) in [5.41, 5.74) is -0.0163. The first-order valence-electron chi connectivity index (χ1n) is 12.8. The van der Waals surface area contributed by atoms with E-state index in [0.717, 1.165) is 0 Å². The van der Waals surface area contributed by atoms with E-state index >= 15 is 4.39 Å². The van der Waals surface area contributed by atoms with Gasteiger partial charge in [0.05, 0.1) is 36.4 Å². The highest BCUT2D eigenvalue weighted by molar-refractivity contribution is 6.20. The van der Waals surface area contributed by atoms with Crippen LogP contribution in [0.3, 0.4) is 0 Å². The topological polar surface area (TPSA) is 143 Å². The normalized spacial score (nSPS) is 22.6. The van der Waals surface area contributed by atoms with Crippen molar-refractivity contribution in [3.05, 3.63) is 53.3 Å². The molecule has 2 N–H and O–H groups in total. The first-order chi connectivity index (χ1) is 19.2. The molecular formula is C28H30FN5O7.